The van der Waals surface area contributed by atoms with Crippen LogP contribution in [0.5, 0.6) is 0 Å². The maximum absolute atomic E-state index is 13.1. The average molecular weight is 434 g/mol. The summed E-state index contributed by atoms with van der Waals surface area (Å²) < 4.78 is 6.88. The maximum atomic E-state index is 13.1. The summed E-state index contributed by atoms with van der Waals surface area (Å²) in [5, 5.41) is 7.13. The van der Waals surface area contributed by atoms with E-state index in [1.54, 1.807) is 42.5 Å². The summed E-state index contributed by atoms with van der Waals surface area (Å²) in [6.45, 7) is 1.44. The molecule has 1 fully saturated rings. The number of nitrogens with one attached hydrogen (secondary N) is 1. The molecular formula is C24H27N5O3. The molecule has 2 aromatic heterocycles. The fourth-order valence-electron chi connectivity index (χ4n) is 3.97. The molecule has 3 heterocycles. The smallest absolute Gasteiger partial charge is 0.257 e. The summed E-state index contributed by atoms with van der Waals surface area (Å²) in [7, 11) is 1.69. The van der Waals surface area contributed by atoms with Gasteiger partial charge in [0.05, 0.1) is 29.3 Å². The standard InChI is InChI=1S/C24H27N5O3/c1-32-14-11-21-6-2-3-13-28(21)24(31)18-7-9-22(10-8-18)29-17-20(16-26-29)27-23(30)19-5-4-12-25-15-19/h4-5,7-10,12,15-17,21H,2-3,6,11,13-14H2,1H3,(H,27,30)/t21-/m0/s1. The van der Waals surface area contributed by atoms with E-state index in [9.17, 15) is 9.59 Å². The number of carbonyl (C=O) groups is 2. The van der Waals surface area contributed by atoms with Crippen molar-refractivity contribution in [1.29, 1.82) is 0 Å². The molecule has 1 aliphatic rings. The van der Waals surface area contributed by atoms with Crippen molar-refractivity contribution in [3.63, 3.8) is 0 Å². The van der Waals surface area contributed by atoms with Gasteiger partial charge in [-0.2, -0.15) is 5.10 Å². The quantitative estimate of drug-likeness (QED) is 0.616. The van der Waals surface area contributed by atoms with Gasteiger partial charge in [-0.15, -0.1) is 0 Å². The molecule has 0 aliphatic carbocycles. The van der Waals surface area contributed by atoms with Crippen LogP contribution in [-0.4, -0.2) is 57.8 Å². The fourth-order valence-corrected chi connectivity index (χ4v) is 3.97. The zero-order valence-electron chi connectivity index (χ0n) is 18.1. The minimum atomic E-state index is -0.247. The van der Waals surface area contributed by atoms with Gasteiger partial charge in [-0.25, -0.2) is 4.68 Å². The molecule has 0 saturated carbocycles. The van der Waals surface area contributed by atoms with Crippen LogP contribution >= 0.6 is 0 Å². The van der Waals surface area contributed by atoms with Gasteiger partial charge in [-0.3, -0.25) is 14.6 Å². The van der Waals surface area contributed by atoms with Gasteiger partial charge in [-0.1, -0.05) is 0 Å². The molecule has 8 heteroatoms. The highest BCUT2D eigenvalue weighted by atomic mass is 16.5. The predicted molar refractivity (Wildman–Crippen MR) is 121 cm³/mol. The average Bonchev–Trinajstić information content (AvgIpc) is 3.31. The van der Waals surface area contributed by atoms with E-state index in [-0.39, 0.29) is 17.9 Å². The Hall–Kier alpha value is -3.52. The molecule has 0 bridgehead atoms. The van der Waals surface area contributed by atoms with E-state index >= 15 is 0 Å². The maximum Gasteiger partial charge on any atom is 0.257 e. The first kappa shape index (κ1) is 21.7. The van der Waals surface area contributed by atoms with Crippen molar-refractivity contribution in [3.8, 4) is 5.69 Å². The molecule has 1 aromatic carbocycles. The van der Waals surface area contributed by atoms with Gasteiger partial charge in [0.2, 0.25) is 0 Å². The highest BCUT2D eigenvalue weighted by Crippen LogP contribution is 2.23. The van der Waals surface area contributed by atoms with Gasteiger partial charge in [0.15, 0.2) is 0 Å². The zero-order chi connectivity index (χ0) is 22.3. The molecule has 0 radical (unpaired) electrons. The number of pyridine rings is 1. The Balaban J connectivity index is 1.42. The van der Waals surface area contributed by atoms with Crippen LogP contribution in [0.2, 0.25) is 0 Å². The van der Waals surface area contributed by atoms with Crippen LogP contribution in [0, 0.1) is 0 Å². The number of rotatable bonds is 7. The van der Waals surface area contributed by atoms with Gasteiger partial charge in [-0.05, 0) is 62.1 Å². The SMILES string of the molecule is COCC[C@@H]1CCCCN1C(=O)c1ccc(-n2cc(NC(=O)c3cccnc3)cn2)cc1. The third kappa shape index (κ3) is 5.03. The van der Waals surface area contributed by atoms with Crippen molar-refractivity contribution >= 4 is 17.5 Å². The number of benzene rings is 1. The number of nitrogens with zero attached hydrogens (tertiary/aromatic N) is 4. The summed E-state index contributed by atoms with van der Waals surface area (Å²) in [6.07, 6.45) is 10.5. The molecule has 1 aliphatic heterocycles. The second kappa shape index (κ2) is 10.2. The second-order valence-corrected chi connectivity index (χ2v) is 7.85. The number of hydrogen-bond donors (Lipinski definition) is 1. The molecule has 1 atom stereocenters. The van der Waals surface area contributed by atoms with Crippen LogP contribution in [0.15, 0.2) is 61.2 Å². The summed E-state index contributed by atoms with van der Waals surface area (Å²) in [5.74, 6) is -0.189. The first-order valence-electron chi connectivity index (χ1n) is 10.8. The number of hydrogen-bond acceptors (Lipinski definition) is 5. The topological polar surface area (TPSA) is 89.4 Å². The number of carbonyl (C=O) groups excluding carboxylic acids is 2. The molecule has 1 saturated heterocycles. The fraction of sp³-hybridized carbons (Fsp3) is 0.333. The number of ether oxygens (including phenoxy) is 1. The van der Waals surface area contributed by atoms with Gasteiger partial charge < -0.3 is 15.0 Å². The number of methoxy groups -OCH3 is 1. The molecule has 8 nitrogen and oxygen atoms in total. The Labute approximate surface area is 187 Å². The molecule has 32 heavy (non-hydrogen) atoms. The third-order valence-corrected chi connectivity index (χ3v) is 5.69. The Morgan fingerprint density at radius 1 is 1.12 bits per heavy atom. The summed E-state index contributed by atoms with van der Waals surface area (Å²) in [4.78, 5) is 31.3. The first-order valence-corrected chi connectivity index (χ1v) is 10.8. The van der Waals surface area contributed by atoms with Crippen molar-refractivity contribution in [2.24, 2.45) is 0 Å². The van der Waals surface area contributed by atoms with E-state index in [1.807, 2.05) is 29.2 Å². The Morgan fingerprint density at radius 3 is 2.72 bits per heavy atom. The normalized spacial score (nSPS) is 16.0. The van der Waals surface area contributed by atoms with Crippen molar-refractivity contribution in [2.75, 3.05) is 25.6 Å². The Morgan fingerprint density at radius 2 is 1.97 bits per heavy atom. The van der Waals surface area contributed by atoms with Crippen LogP contribution in [0.1, 0.15) is 46.4 Å². The van der Waals surface area contributed by atoms with E-state index in [0.29, 0.717) is 23.4 Å². The minimum Gasteiger partial charge on any atom is -0.385 e. The van der Waals surface area contributed by atoms with E-state index in [0.717, 1.165) is 37.9 Å². The number of amides is 2. The predicted octanol–water partition coefficient (Wildman–Crippen LogP) is 3.55. The Kier molecular flexibility index (Phi) is 6.91. The number of likely N-dealkylation sites (tertiary alicyclic amines) is 1. The molecule has 4 rings (SSSR count). The van der Waals surface area contributed by atoms with Crippen LogP contribution < -0.4 is 5.32 Å². The minimum absolute atomic E-state index is 0.0576. The number of piperidine rings is 1. The number of anilines is 1. The van der Waals surface area contributed by atoms with E-state index in [1.165, 1.54) is 6.20 Å². The summed E-state index contributed by atoms with van der Waals surface area (Å²) >= 11 is 0. The molecule has 0 unspecified atom stereocenters. The Bertz CT molecular complexity index is 1050. The van der Waals surface area contributed by atoms with Crippen LogP contribution in [0.25, 0.3) is 5.69 Å². The lowest BCUT2D eigenvalue weighted by Crippen LogP contribution is -2.44. The second-order valence-electron chi connectivity index (χ2n) is 7.85. The molecule has 2 amide bonds. The lowest BCUT2D eigenvalue weighted by molar-refractivity contribution is 0.0553. The largest absolute Gasteiger partial charge is 0.385 e. The van der Waals surface area contributed by atoms with Crippen LogP contribution in [0.3, 0.4) is 0 Å². The van der Waals surface area contributed by atoms with Gasteiger partial charge >= 0.3 is 0 Å². The monoisotopic (exact) mass is 433 g/mol. The van der Waals surface area contributed by atoms with Crippen molar-refractivity contribution in [1.82, 2.24) is 19.7 Å². The third-order valence-electron chi connectivity index (χ3n) is 5.69. The van der Waals surface area contributed by atoms with Crippen molar-refractivity contribution in [3.05, 3.63) is 72.3 Å². The van der Waals surface area contributed by atoms with Gasteiger partial charge in [0.25, 0.3) is 11.8 Å². The summed E-state index contributed by atoms with van der Waals surface area (Å²) in [5.41, 5.74) is 2.52. The van der Waals surface area contributed by atoms with Gasteiger partial charge in [0, 0.05) is 44.3 Å². The van der Waals surface area contributed by atoms with Crippen molar-refractivity contribution < 1.29 is 14.3 Å². The molecule has 3 aromatic rings. The first-order chi connectivity index (χ1) is 15.7. The zero-order valence-corrected chi connectivity index (χ0v) is 18.1. The highest BCUT2D eigenvalue weighted by Gasteiger charge is 2.27. The van der Waals surface area contributed by atoms with E-state index in [4.69, 9.17) is 4.74 Å². The van der Waals surface area contributed by atoms with Crippen molar-refractivity contribution in [2.45, 2.75) is 31.7 Å². The number of aromatic nitrogens is 3. The lowest BCUT2D eigenvalue weighted by Gasteiger charge is -2.36. The summed E-state index contributed by atoms with van der Waals surface area (Å²) in [6, 6.07) is 11.0. The molecule has 1 N–H and O–H groups in total. The highest BCUT2D eigenvalue weighted by molar-refractivity contribution is 6.03. The van der Waals surface area contributed by atoms with Crippen LogP contribution in [0.4, 0.5) is 5.69 Å². The van der Waals surface area contributed by atoms with E-state index < -0.39 is 0 Å². The lowest BCUT2D eigenvalue weighted by atomic mass is 9.98. The molecule has 166 valence electrons. The van der Waals surface area contributed by atoms with Crippen LogP contribution in [-0.2, 0) is 4.74 Å². The van der Waals surface area contributed by atoms with Gasteiger partial charge in [0.1, 0.15) is 0 Å². The molecular weight excluding hydrogens is 406 g/mol. The van der Waals surface area contributed by atoms with E-state index in [2.05, 4.69) is 15.4 Å². The molecule has 0 spiro atoms.